The standard InChI is InChI=1S/C17H16F3/c1-12(2)16(13-7-4-3-5-8-13)14-9-6-10-15(11-14)17(18,19)20/h3-12,16H,1H2,2H3. The summed E-state index contributed by atoms with van der Waals surface area (Å²) in [6.45, 7) is 5.92. The smallest absolute Gasteiger partial charge is 0.166 e. The molecule has 2 unspecified atom stereocenters. The first kappa shape index (κ1) is 14.6. The number of hydrogen-bond acceptors (Lipinski definition) is 0. The monoisotopic (exact) mass is 277 g/mol. The highest BCUT2D eigenvalue weighted by molar-refractivity contribution is 5.36. The molecule has 0 saturated carbocycles. The zero-order valence-corrected chi connectivity index (χ0v) is 11.2. The van der Waals surface area contributed by atoms with Crippen molar-refractivity contribution in [1.29, 1.82) is 0 Å². The molecule has 0 bridgehead atoms. The van der Waals surface area contributed by atoms with Gasteiger partial charge in [0.05, 0.1) is 5.56 Å². The maximum atomic E-state index is 12.8. The van der Waals surface area contributed by atoms with Gasteiger partial charge in [0.2, 0.25) is 0 Å². The van der Waals surface area contributed by atoms with E-state index in [1.54, 1.807) is 6.07 Å². The average molecular weight is 277 g/mol. The van der Waals surface area contributed by atoms with Gasteiger partial charge in [-0.05, 0) is 30.0 Å². The highest BCUT2D eigenvalue weighted by atomic mass is 19.4. The molecule has 0 fully saturated rings. The zero-order chi connectivity index (χ0) is 14.8. The first-order valence-electron chi connectivity index (χ1n) is 6.45. The van der Waals surface area contributed by atoms with Gasteiger partial charge in [0.1, 0.15) is 0 Å². The molecule has 0 saturated heterocycles. The largest absolute Gasteiger partial charge is 0.416 e. The van der Waals surface area contributed by atoms with Gasteiger partial charge in [0.25, 0.3) is 0 Å². The van der Waals surface area contributed by atoms with Gasteiger partial charge in [-0.15, -0.1) is 0 Å². The van der Waals surface area contributed by atoms with Crippen LogP contribution in [0.15, 0.2) is 54.6 Å². The second kappa shape index (κ2) is 5.70. The number of hydrogen-bond donors (Lipinski definition) is 0. The first-order chi connectivity index (χ1) is 9.39. The number of halogens is 3. The SMILES string of the molecule is [CH2]C(C)C(c1ccccc1)c1cccc(C(F)(F)F)c1. The Balaban J connectivity index is 2.46. The van der Waals surface area contributed by atoms with Gasteiger partial charge in [0.15, 0.2) is 0 Å². The Hall–Kier alpha value is -1.77. The summed E-state index contributed by atoms with van der Waals surface area (Å²) in [6.07, 6.45) is -4.32. The van der Waals surface area contributed by atoms with Crippen LogP contribution in [0, 0.1) is 12.8 Å². The molecule has 0 heterocycles. The van der Waals surface area contributed by atoms with Crippen molar-refractivity contribution < 1.29 is 13.2 Å². The molecular formula is C17H16F3. The van der Waals surface area contributed by atoms with Crippen molar-refractivity contribution >= 4 is 0 Å². The van der Waals surface area contributed by atoms with E-state index in [2.05, 4.69) is 6.92 Å². The van der Waals surface area contributed by atoms with E-state index in [0.29, 0.717) is 5.56 Å². The van der Waals surface area contributed by atoms with Crippen LogP contribution in [-0.4, -0.2) is 0 Å². The molecule has 0 spiro atoms. The van der Waals surface area contributed by atoms with Crippen LogP contribution in [0.3, 0.4) is 0 Å². The van der Waals surface area contributed by atoms with Crippen molar-refractivity contribution in [3.05, 3.63) is 78.2 Å². The van der Waals surface area contributed by atoms with Crippen LogP contribution in [0.2, 0.25) is 0 Å². The summed E-state index contributed by atoms with van der Waals surface area (Å²) in [6, 6.07) is 15.0. The molecule has 0 aromatic heterocycles. The van der Waals surface area contributed by atoms with Crippen molar-refractivity contribution in [3.8, 4) is 0 Å². The van der Waals surface area contributed by atoms with Gasteiger partial charge in [-0.25, -0.2) is 0 Å². The Bertz CT molecular complexity index is 556. The molecule has 20 heavy (non-hydrogen) atoms. The third kappa shape index (κ3) is 3.21. The summed E-state index contributed by atoms with van der Waals surface area (Å²) in [5, 5.41) is 0. The number of rotatable bonds is 3. The van der Waals surface area contributed by atoms with Crippen LogP contribution in [0.4, 0.5) is 13.2 Å². The quantitative estimate of drug-likeness (QED) is 0.713. The Morgan fingerprint density at radius 1 is 0.900 bits per heavy atom. The van der Waals surface area contributed by atoms with E-state index in [0.717, 1.165) is 11.6 Å². The van der Waals surface area contributed by atoms with Gasteiger partial charge >= 0.3 is 6.18 Å². The van der Waals surface area contributed by atoms with Crippen LogP contribution in [0.25, 0.3) is 0 Å². The van der Waals surface area contributed by atoms with Crippen molar-refractivity contribution in [2.24, 2.45) is 5.92 Å². The second-order valence-corrected chi connectivity index (χ2v) is 4.99. The van der Waals surface area contributed by atoms with Gasteiger partial charge in [-0.2, -0.15) is 13.2 Å². The van der Waals surface area contributed by atoms with E-state index >= 15 is 0 Å². The molecule has 0 aliphatic carbocycles. The third-order valence-electron chi connectivity index (χ3n) is 3.30. The Morgan fingerprint density at radius 3 is 2.05 bits per heavy atom. The highest BCUT2D eigenvalue weighted by Crippen LogP contribution is 2.35. The minimum atomic E-state index is -4.32. The lowest BCUT2D eigenvalue weighted by atomic mass is 9.82. The van der Waals surface area contributed by atoms with E-state index in [1.165, 1.54) is 12.1 Å². The summed E-state index contributed by atoms with van der Waals surface area (Å²) < 4.78 is 38.5. The maximum absolute atomic E-state index is 12.8. The summed E-state index contributed by atoms with van der Waals surface area (Å²) in [7, 11) is 0. The third-order valence-corrected chi connectivity index (χ3v) is 3.30. The van der Waals surface area contributed by atoms with E-state index in [1.807, 2.05) is 37.3 Å². The van der Waals surface area contributed by atoms with Crippen molar-refractivity contribution in [1.82, 2.24) is 0 Å². The lowest BCUT2D eigenvalue weighted by Gasteiger charge is -2.23. The lowest BCUT2D eigenvalue weighted by Crippen LogP contribution is -2.11. The van der Waals surface area contributed by atoms with Gasteiger partial charge in [0, 0.05) is 5.92 Å². The lowest BCUT2D eigenvalue weighted by molar-refractivity contribution is -0.137. The summed E-state index contributed by atoms with van der Waals surface area (Å²) in [4.78, 5) is 0. The van der Waals surface area contributed by atoms with Crippen molar-refractivity contribution in [2.75, 3.05) is 0 Å². The fourth-order valence-electron chi connectivity index (χ4n) is 2.42. The minimum Gasteiger partial charge on any atom is -0.166 e. The molecular weight excluding hydrogens is 261 g/mol. The predicted octanol–water partition coefficient (Wildman–Crippen LogP) is 5.31. The minimum absolute atomic E-state index is 0.0270. The molecule has 0 N–H and O–H groups in total. The Kier molecular flexibility index (Phi) is 4.17. The van der Waals surface area contributed by atoms with Gasteiger partial charge in [-0.3, -0.25) is 0 Å². The molecule has 2 aromatic carbocycles. The molecule has 0 aliphatic heterocycles. The Labute approximate surface area is 117 Å². The fourth-order valence-corrected chi connectivity index (χ4v) is 2.42. The van der Waals surface area contributed by atoms with E-state index in [9.17, 15) is 13.2 Å². The predicted molar refractivity (Wildman–Crippen MR) is 74.3 cm³/mol. The molecule has 2 aromatic rings. The van der Waals surface area contributed by atoms with E-state index in [-0.39, 0.29) is 11.8 Å². The Morgan fingerprint density at radius 2 is 1.50 bits per heavy atom. The van der Waals surface area contributed by atoms with Crippen LogP contribution < -0.4 is 0 Å². The summed E-state index contributed by atoms with van der Waals surface area (Å²) in [5.41, 5.74) is 1.01. The molecule has 105 valence electrons. The van der Waals surface area contributed by atoms with E-state index < -0.39 is 11.7 Å². The first-order valence-corrected chi connectivity index (χ1v) is 6.45. The molecule has 2 atom stereocenters. The van der Waals surface area contributed by atoms with Crippen LogP contribution in [0.1, 0.15) is 29.5 Å². The number of alkyl halides is 3. The fraction of sp³-hybridized carbons (Fsp3) is 0.235. The van der Waals surface area contributed by atoms with Crippen molar-refractivity contribution in [2.45, 2.75) is 19.0 Å². The molecule has 3 heteroatoms. The summed E-state index contributed by atoms with van der Waals surface area (Å²) in [5.74, 6) is -0.167. The molecule has 2 rings (SSSR count). The van der Waals surface area contributed by atoms with Crippen LogP contribution >= 0.6 is 0 Å². The van der Waals surface area contributed by atoms with Gasteiger partial charge in [-0.1, -0.05) is 55.5 Å². The molecule has 0 nitrogen and oxygen atoms in total. The molecule has 0 amide bonds. The molecule has 0 aliphatic rings. The normalized spacial score (nSPS) is 13.5. The van der Waals surface area contributed by atoms with Crippen molar-refractivity contribution in [3.63, 3.8) is 0 Å². The number of benzene rings is 2. The summed E-state index contributed by atoms with van der Waals surface area (Å²) >= 11 is 0. The topological polar surface area (TPSA) is 0 Å². The van der Waals surface area contributed by atoms with Gasteiger partial charge < -0.3 is 0 Å². The van der Waals surface area contributed by atoms with E-state index in [4.69, 9.17) is 0 Å². The van der Waals surface area contributed by atoms with Crippen LogP contribution in [-0.2, 0) is 6.18 Å². The highest BCUT2D eigenvalue weighted by Gasteiger charge is 2.31. The second-order valence-electron chi connectivity index (χ2n) is 4.99. The average Bonchev–Trinajstić information content (AvgIpc) is 2.39. The maximum Gasteiger partial charge on any atom is 0.416 e. The zero-order valence-electron chi connectivity index (χ0n) is 11.2. The van der Waals surface area contributed by atoms with Crippen LogP contribution in [0.5, 0.6) is 0 Å². The molecule has 1 radical (unpaired) electrons.